The number of hydrogen-bond acceptors (Lipinski definition) is 3. The molecule has 0 aromatic carbocycles. The van der Waals surface area contributed by atoms with E-state index in [2.05, 4.69) is 25.8 Å². The Morgan fingerprint density at radius 1 is 1.42 bits per heavy atom. The highest BCUT2D eigenvalue weighted by molar-refractivity contribution is 4.59. The number of ether oxygens (including phenoxy) is 1. The SMILES string of the molecule is CCC(C)N(C)CCOCCN. The zero-order valence-electron chi connectivity index (χ0n) is 8.55. The fourth-order valence-corrected chi connectivity index (χ4v) is 0.926. The van der Waals surface area contributed by atoms with Crippen molar-refractivity contribution in [2.24, 2.45) is 5.73 Å². The molecule has 12 heavy (non-hydrogen) atoms. The first-order valence-corrected chi connectivity index (χ1v) is 4.70. The lowest BCUT2D eigenvalue weighted by Gasteiger charge is -2.22. The lowest BCUT2D eigenvalue weighted by Crippen LogP contribution is -2.31. The quantitative estimate of drug-likeness (QED) is 0.577. The third kappa shape index (κ3) is 5.52. The minimum Gasteiger partial charge on any atom is -0.379 e. The van der Waals surface area contributed by atoms with Crippen molar-refractivity contribution >= 4 is 0 Å². The van der Waals surface area contributed by atoms with E-state index in [-0.39, 0.29) is 0 Å². The van der Waals surface area contributed by atoms with E-state index < -0.39 is 0 Å². The summed E-state index contributed by atoms with van der Waals surface area (Å²) in [6, 6.07) is 0.645. The Hall–Kier alpha value is -0.120. The highest BCUT2D eigenvalue weighted by atomic mass is 16.5. The molecular formula is C9H22N2O. The van der Waals surface area contributed by atoms with Gasteiger partial charge in [-0.25, -0.2) is 0 Å². The van der Waals surface area contributed by atoms with Crippen molar-refractivity contribution in [1.29, 1.82) is 0 Å². The van der Waals surface area contributed by atoms with Gasteiger partial charge in [0, 0.05) is 19.1 Å². The van der Waals surface area contributed by atoms with Crippen LogP contribution in [-0.4, -0.2) is 44.3 Å². The Labute approximate surface area is 75.9 Å². The number of nitrogens with zero attached hydrogens (tertiary/aromatic N) is 1. The molecule has 0 aromatic heterocycles. The summed E-state index contributed by atoms with van der Waals surface area (Å²) >= 11 is 0. The van der Waals surface area contributed by atoms with Crippen molar-refractivity contribution in [1.82, 2.24) is 4.90 Å². The van der Waals surface area contributed by atoms with Crippen LogP contribution in [0.25, 0.3) is 0 Å². The van der Waals surface area contributed by atoms with Crippen LogP contribution in [0, 0.1) is 0 Å². The predicted octanol–water partition coefficient (Wildman–Crippen LogP) is 0.692. The topological polar surface area (TPSA) is 38.5 Å². The van der Waals surface area contributed by atoms with E-state index in [9.17, 15) is 0 Å². The lowest BCUT2D eigenvalue weighted by molar-refractivity contribution is 0.105. The van der Waals surface area contributed by atoms with Crippen molar-refractivity contribution in [3.8, 4) is 0 Å². The number of likely N-dealkylation sites (N-methyl/N-ethyl adjacent to an activating group) is 1. The molecule has 0 radical (unpaired) electrons. The molecule has 0 aliphatic rings. The van der Waals surface area contributed by atoms with Crippen LogP contribution in [0.3, 0.4) is 0 Å². The van der Waals surface area contributed by atoms with Gasteiger partial charge in [-0.15, -0.1) is 0 Å². The molecular weight excluding hydrogens is 152 g/mol. The Balaban J connectivity index is 3.24. The second-order valence-corrected chi connectivity index (χ2v) is 3.14. The molecule has 3 nitrogen and oxygen atoms in total. The van der Waals surface area contributed by atoms with Crippen LogP contribution >= 0.6 is 0 Å². The maximum absolute atomic E-state index is 5.29. The fourth-order valence-electron chi connectivity index (χ4n) is 0.926. The summed E-state index contributed by atoms with van der Waals surface area (Å²) < 4.78 is 5.28. The molecule has 0 bridgehead atoms. The Morgan fingerprint density at radius 3 is 2.58 bits per heavy atom. The maximum atomic E-state index is 5.29. The summed E-state index contributed by atoms with van der Waals surface area (Å²) in [4.78, 5) is 2.30. The van der Waals surface area contributed by atoms with E-state index in [1.807, 2.05) is 0 Å². The van der Waals surface area contributed by atoms with Gasteiger partial charge in [0.15, 0.2) is 0 Å². The van der Waals surface area contributed by atoms with Crippen LogP contribution < -0.4 is 5.73 Å². The predicted molar refractivity (Wildman–Crippen MR) is 52.3 cm³/mol. The Morgan fingerprint density at radius 2 is 2.08 bits per heavy atom. The summed E-state index contributed by atoms with van der Waals surface area (Å²) in [6.45, 7) is 7.50. The monoisotopic (exact) mass is 174 g/mol. The first-order valence-electron chi connectivity index (χ1n) is 4.70. The molecule has 0 aliphatic carbocycles. The molecule has 0 fully saturated rings. The van der Waals surface area contributed by atoms with Crippen LogP contribution in [0.1, 0.15) is 20.3 Å². The molecule has 74 valence electrons. The van der Waals surface area contributed by atoms with E-state index >= 15 is 0 Å². The molecule has 0 heterocycles. The molecule has 1 unspecified atom stereocenters. The second kappa shape index (κ2) is 7.53. The summed E-state index contributed by atoms with van der Waals surface area (Å²) in [6.07, 6.45) is 1.19. The van der Waals surface area contributed by atoms with Crippen molar-refractivity contribution < 1.29 is 4.74 Å². The molecule has 2 N–H and O–H groups in total. The van der Waals surface area contributed by atoms with Gasteiger partial charge in [0.25, 0.3) is 0 Å². The summed E-state index contributed by atoms with van der Waals surface area (Å²) in [5.74, 6) is 0. The molecule has 0 spiro atoms. The molecule has 0 amide bonds. The molecule has 0 aliphatic heterocycles. The summed E-state index contributed by atoms with van der Waals surface area (Å²) in [7, 11) is 2.12. The van der Waals surface area contributed by atoms with Crippen LogP contribution in [-0.2, 0) is 4.74 Å². The summed E-state index contributed by atoms with van der Waals surface area (Å²) in [5.41, 5.74) is 5.29. The molecule has 0 saturated carbocycles. The minimum absolute atomic E-state index is 0.618. The average molecular weight is 174 g/mol. The first kappa shape index (κ1) is 11.9. The van der Waals surface area contributed by atoms with Gasteiger partial charge in [-0.05, 0) is 20.4 Å². The first-order chi connectivity index (χ1) is 5.72. The largest absolute Gasteiger partial charge is 0.379 e. The van der Waals surface area contributed by atoms with Gasteiger partial charge in [-0.3, -0.25) is 0 Å². The third-order valence-electron chi connectivity index (χ3n) is 2.19. The third-order valence-corrected chi connectivity index (χ3v) is 2.19. The number of nitrogens with two attached hydrogens (primary N) is 1. The number of rotatable bonds is 7. The van der Waals surface area contributed by atoms with E-state index in [1.54, 1.807) is 0 Å². The van der Waals surface area contributed by atoms with E-state index in [0.29, 0.717) is 19.2 Å². The second-order valence-electron chi connectivity index (χ2n) is 3.14. The van der Waals surface area contributed by atoms with Crippen molar-refractivity contribution in [2.45, 2.75) is 26.3 Å². The molecule has 3 heteroatoms. The van der Waals surface area contributed by atoms with Crippen molar-refractivity contribution in [3.63, 3.8) is 0 Å². The number of hydrogen-bond donors (Lipinski definition) is 1. The zero-order chi connectivity index (χ0) is 9.40. The van der Waals surface area contributed by atoms with Crippen LogP contribution in [0.5, 0.6) is 0 Å². The van der Waals surface area contributed by atoms with Crippen LogP contribution in [0.2, 0.25) is 0 Å². The van der Waals surface area contributed by atoms with Gasteiger partial charge in [0.1, 0.15) is 0 Å². The van der Waals surface area contributed by atoms with Gasteiger partial charge in [-0.1, -0.05) is 6.92 Å². The molecule has 1 atom stereocenters. The van der Waals surface area contributed by atoms with E-state index in [0.717, 1.165) is 13.2 Å². The van der Waals surface area contributed by atoms with Gasteiger partial charge >= 0.3 is 0 Å². The molecule has 0 rings (SSSR count). The van der Waals surface area contributed by atoms with E-state index in [1.165, 1.54) is 6.42 Å². The lowest BCUT2D eigenvalue weighted by atomic mass is 10.2. The van der Waals surface area contributed by atoms with E-state index in [4.69, 9.17) is 10.5 Å². The van der Waals surface area contributed by atoms with Crippen molar-refractivity contribution in [3.05, 3.63) is 0 Å². The molecule has 0 aromatic rings. The molecule has 0 saturated heterocycles. The van der Waals surface area contributed by atoms with Gasteiger partial charge in [0.05, 0.1) is 13.2 Å². The van der Waals surface area contributed by atoms with Gasteiger partial charge in [-0.2, -0.15) is 0 Å². The highest BCUT2D eigenvalue weighted by Gasteiger charge is 2.04. The normalized spacial score (nSPS) is 13.8. The summed E-state index contributed by atoms with van der Waals surface area (Å²) in [5, 5.41) is 0. The Kier molecular flexibility index (Phi) is 7.45. The van der Waals surface area contributed by atoms with Crippen LogP contribution in [0.15, 0.2) is 0 Å². The zero-order valence-corrected chi connectivity index (χ0v) is 8.55. The van der Waals surface area contributed by atoms with Crippen LogP contribution in [0.4, 0.5) is 0 Å². The average Bonchev–Trinajstić information content (AvgIpc) is 2.10. The minimum atomic E-state index is 0.618. The van der Waals surface area contributed by atoms with Gasteiger partial charge < -0.3 is 15.4 Å². The van der Waals surface area contributed by atoms with Gasteiger partial charge in [0.2, 0.25) is 0 Å². The standard InChI is InChI=1S/C9H22N2O/c1-4-9(2)11(3)6-8-12-7-5-10/h9H,4-8,10H2,1-3H3. The smallest absolute Gasteiger partial charge is 0.0594 e. The maximum Gasteiger partial charge on any atom is 0.0594 e. The highest BCUT2D eigenvalue weighted by Crippen LogP contribution is 1.98. The fraction of sp³-hybridized carbons (Fsp3) is 1.00. The Bertz CT molecular complexity index is 98.5. The van der Waals surface area contributed by atoms with Crippen molar-refractivity contribution in [2.75, 3.05) is 33.4 Å².